The quantitative estimate of drug-likeness (QED) is 0.556. The first-order chi connectivity index (χ1) is 15.6. The van der Waals surface area contributed by atoms with Crippen LogP contribution < -0.4 is 5.32 Å². The number of hydrogen-bond acceptors (Lipinski definition) is 3. The van der Waals surface area contributed by atoms with Gasteiger partial charge in [0.2, 0.25) is 0 Å². The number of hydrogen-bond donors (Lipinski definition) is 1. The smallest absolute Gasteiger partial charge is 0.170 e. The second-order valence-electron chi connectivity index (χ2n) is 8.81. The van der Waals surface area contributed by atoms with Gasteiger partial charge in [0.25, 0.3) is 0 Å². The Hall–Kier alpha value is -2.70. The number of rotatable bonds is 6. The molecule has 166 valence electrons. The molecule has 0 saturated carbocycles. The van der Waals surface area contributed by atoms with Gasteiger partial charge in [0, 0.05) is 37.3 Å². The number of nitrogens with zero attached hydrogens (tertiary/aromatic N) is 3. The van der Waals surface area contributed by atoms with Crippen molar-refractivity contribution in [2.75, 3.05) is 13.2 Å². The molecule has 0 spiro atoms. The van der Waals surface area contributed by atoms with Crippen molar-refractivity contribution in [3.63, 3.8) is 0 Å². The lowest BCUT2D eigenvalue weighted by atomic mass is 9.96. The van der Waals surface area contributed by atoms with E-state index in [9.17, 15) is 0 Å². The average molecular weight is 447 g/mol. The Balaban J connectivity index is 1.53. The fourth-order valence-electron chi connectivity index (χ4n) is 5.08. The average Bonchev–Trinajstić information content (AvgIpc) is 3.51. The van der Waals surface area contributed by atoms with Crippen molar-refractivity contribution in [1.29, 1.82) is 0 Å². The molecule has 2 aromatic heterocycles. The van der Waals surface area contributed by atoms with E-state index in [1.165, 1.54) is 22.5 Å². The molecule has 2 fully saturated rings. The fraction of sp³-hybridized carbons (Fsp3) is 0.385. The highest BCUT2D eigenvalue weighted by molar-refractivity contribution is 7.80. The normalized spacial score (nSPS) is 23.0. The molecule has 2 aliphatic heterocycles. The maximum absolute atomic E-state index is 5.98. The first-order valence-corrected chi connectivity index (χ1v) is 11.8. The molecule has 1 N–H and O–H groups in total. The van der Waals surface area contributed by atoms with Gasteiger partial charge in [-0.25, -0.2) is 0 Å². The molecule has 3 atom stereocenters. The second-order valence-corrected chi connectivity index (χ2v) is 9.20. The maximum Gasteiger partial charge on any atom is 0.170 e. The Morgan fingerprint density at radius 1 is 1.12 bits per heavy atom. The minimum Gasteiger partial charge on any atom is -0.376 e. The molecular weight excluding hydrogens is 416 g/mol. The SMILES string of the molecule is Cc1cc([C@@H]2[C@@H](c3ccccn3)NC(=S)N2C[C@H]2CCCO2)c(C)n1Cc1ccccc1. The van der Waals surface area contributed by atoms with Gasteiger partial charge in [0.1, 0.15) is 0 Å². The van der Waals surface area contributed by atoms with E-state index in [0.717, 1.165) is 43.3 Å². The lowest BCUT2D eigenvalue weighted by Gasteiger charge is -2.30. The van der Waals surface area contributed by atoms with Crippen LogP contribution in [0, 0.1) is 13.8 Å². The van der Waals surface area contributed by atoms with Crippen LogP contribution in [0.5, 0.6) is 0 Å². The van der Waals surface area contributed by atoms with Crippen molar-refractivity contribution in [3.8, 4) is 0 Å². The van der Waals surface area contributed by atoms with E-state index in [1.807, 2.05) is 18.3 Å². The lowest BCUT2D eigenvalue weighted by Crippen LogP contribution is -2.36. The van der Waals surface area contributed by atoms with Crippen LogP contribution >= 0.6 is 12.2 Å². The van der Waals surface area contributed by atoms with E-state index in [4.69, 9.17) is 17.0 Å². The van der Waals surface area contributed by atoms with E-state index in [0.29, 0.717) is 0 Å². The highest BCUT2D eigenvalue weighted by Crippen LogP contribution is 2.41. The monoisotopic (exact) mass is 446 g/mol. The van der Waals surface area contributed by atoms with Crippen LogP contribution in [-0.2, 0) is 11.3 Å². The molecule has 0 radical (unpaired) electrons. The molecule has 0 unspecified atom stereocenters. The molecule has 2 saturated heterocycles. The molecule has 5 nitrogen and oxygen atoms in total. The third kappa shape index (κ3) is 4.05. The first kappa shape index (κ1) is 21.2. The third-order valence-corrected chi connectivity index (χ3v) is 7.09. The molecule has 1 aromatic carbocycles. The third-order valence-electron chi connectivity index (χ3n) is 6.74. The highest BCUT2D eigenvalue weighted by atomic mass is 32.1. The predicted molar refractivity (Wildman–Crippen MR) is 131 cm³/mol. The maximum atomic E-state index is 5.98. The van der Waals surface area contributed by atoms with Crippen molar-refractivity contribution < 1.29 is 4.74 Å². The summed E-state index contributed by atoms with van der Waals surface area (Å²) in [5.74, 6) is 0. The summed E-state index contributed by atoms with van der Waals surface area (Å²) in [6.07, 6.45) is 4.30. The van der Waals surface area contributed by atoms with Crippen LogP contribution in [0.25, 0.3) is 0 Å². The van der Waals surface area contributed by atoms with Crippen molar-refractivity contribution in [2.45, 2.75) is 51.4 Å². The minimum atomic E-state index is 0.00998. The summed E-state index contributed by atoms with van der Waals surface area (Å²) in [5, 5.41) is 4.36. The summed E-state index contributed by atoms with van der Waals surface area (Å²) >= 11 is 5.84. The Morgan fingerprint density at radius 3 is 2.66 bits per heavy atom. The lowest BCUT2D eigenvalue weighted by molar-refractivity contribution is 0.0842. The van der Waals surface area contributed by atoms with Crippen LogP contribution in [0.4, 0.5) is 0 Å². The summed E-state index contributed by atoms with van der Waals surface area (Å²) in [6.45, 7) is 6.94. The summed E-state index contributed by atoms with van der Waals surface area (Å²) in [6, 6.07) is 19.2. The minimum absolute atomic E-state index is 0.00998. The molecule has 4 heterocycles. The van der Waals surface area contributed by atoms with Crippen molar-refractivity contribution >= 4 is 17.3 Å². The summed E-state index contributed by atoms with van der Waals surface area (Å²) < 4.78 is 8.39. The molecule has 0 aliphatic carbocycles. The molecule has 32 heavy (non-hydrogen) atoms. The van der Waals surface area contributed by atoms with Gasteiger partial charge in [-0.3, -0.25) is 4.98 Å². The van der Waals surface area contributed by atoms with Crippen LogP contribution in [0.1, 0.15) is 53.1 Å². The van der Waals surface area contributed by atoms with E-state index >= 15 is 0 Å². The van der Waals surface area contributed by atoms with Gasteiger partial charge in [-0.1, -0.05) is 36.4 Å². The van der Waals surface area contributed by atoms with E-state index in [2.05, 4.69) is 76.1 Å². The van der Waals surface area contributed by atoms with E-state index < -0.39 is 0 Å². The zero-order valence-electron chi connectivity index (χ0n) is 18.7. The van der Waals surface area contributed by atoms with Gasteiger partial charge >= 0.3 is 0 Å². The van der Waals surface area contributed by atoms with Crippen molar-refractivity contribution in [3.05, 3.63) is 89.0 Å². The molecule has 0 amide bonds. The van der Waals surface area contributed by atoms with Gasteiger partial charge in [-0.2, -0.15) is 0 Å². The van der Waals surface area contributed by atoms with Gasteiger partial charge in [0.05, 0.1) is 23.9 Å². The highest BCUT2D eigenvalue weighted by Gasteiger charge is 2.42. The molecule has 6 heteroatoms. The molecule has 3 aromatic rings. The summed E-state index contributed by atoms with van der Waals surface area (Å²) in [7, 11) is 0. The number of benzene rings is 1. The van der Waals surface area contributed by atoms with Gasteiger partial charge < -0.3 is 19.5 Å². The summed E-state index contributed by atoms with van der Waals surface area (Å²) in [4.78, 5) is 7.01. The zero-order valence-corrected chi connectivity index (χ0v) is 19.5. The topological polar surface area (TPSA) is 42.3 Å². The largest absolute Gasteiger partial charge is 0.376 e. The Labute approximate surface area is 195 Å². The zero-order chi connectivity index (χ0) is 22.1. The number of aromatic nitrogens is 2. The Morgan fingerprint density at radius 2 is 1.94 bits per heavy atom. The van der Waals surface area contributed by atoms with Gasteiger partial charge in [-0.15, -0.1) is 0 Å². The Kier molecular flexibility index (Phi) is 5.98. The van der Waals surface area contributed by atoms with Gasteiger partial charge in [-0.05, 0) is 68.2 Å². The predicted octanol–water partition coefficient (Wildman–Crippen LogP) is 4.70. The van der Waals surface area contributed by atoms with Crippen LogP contribution in [0.2, 0.25) is 0 Å². The van der Waals surface area contributed by atoms with E-state index in [-0.39, 0.29) is 18.2 Å². The van der Waals surface area contributed by atoms with Crippen LogP contribution in [0.3, 0.4) is 0 Å². The number of thiocarbonyl (C=S) groups is 1. The van der Waals surface area contributed by atoms with E-state index in [1.54, 1.807) is 0 Å². The number of ether oxygens (including phenoxy) is 1. The van der Waals surface area contributed by atoms with Gasteiger partial charge in [0.15, 0.2) is 5.11 Å². The molecule has 0 bridgehead atoms. The molecule has 5 rings (SSSR count). The van der Waals surface area contributed by atoms with Crippen molar-refractivity contribution in [2.24, 2.45) is 0 Å². The number of aryl methyl sites for hydroxylation is 1. The number of pyridine rings is 1. The molecular formula is C26H30N4OS. The second kappa shape index (κ2) is 9.04. The fourth-order valence-corrected chi connectivity index (χ4v) is 5.40. The number of nitrogens with one attached hydrogen (secondary N) is 1. The van der Waals surface area contributed by atoms with Crippen molar-refractivity contribution in [1.82, 2.24) is 19.8 Å². The van der Waals surface area contributed by atoms with Crippen LogP contribution in [-0.4, -0.2) is 38.8 Å². The molecule has 2 aliphatic rings. The van der Waals surface area contributed by atoms with Crippen LogP contribution in [0.15, 0.2) is 60.8 Å². The summed E-state index contributed by atoms with van der Waals surface area (Å²) in [5.41, 5.74) is 6.16. The standard InChI is InChI=1S/C26H30N4OS/c1-18-15-22(19(2)29(18)16-20-9-4-3-5-10-20)25-24(23-12-6-7-13-27-23)28-26(32)30(25)17-21-11-8-14-31-21/h3-7,9-10,12-13,15,21,24-25H,8,11,14,16-17H2,1-2H3,(H,28,32)/t21-,24-,25-/m1/s1. The first-order valence-electron chi connectivity index (χ1n) is 11.4. The Bertz CT molecular complexity index is 1080.